The van der Waals surface area contributed by atoms with E-state index in [1.54, 1.807) is 30.6 Å². The Morgan fingerprint density at radius 2 is 2.24 bits per heavy atom. The molecule has 0 aliphatic rings. The summed E-state index contributed by atoms with van der Waals surface area (Å²) >= 11 is 6.01. The van der Waals surface area contributed by atoms with E-state index in [1.165, 1.54) is 6.08 Å². The molecule has 6 heteroatoms. The van der Waals surface area contributed by atoms with Gasteiger partial charge in [0.1, 0.15) is 18.1 Å². The molecule has 5 nitrogen and oxygen atoms in total. The molecule has 2 heterocycles. The lowest BCUT2D eigenvalue weighted by atomic mass is 10.2. The van der Waals surface area contributed by atoms with E-state index in [1.807, 2.05) is 6.92 Å². The summed E-state index contributed by atoms with van der Waals surface area (Å²) in [7, 11) is 0. The van der Waals surface area contributed by atoms with Crippen LogP contribution in [0.5, 0.6) is 5.75 Å². The monoisotopic (exact) mass is 304 g/mol. The third-order valence-electron chi connectivity index (χ3n) is 2.65. The first kappa shape index (κ1) is 15.0. The van der Waals surface area contributed by atoms with Crippen molar-refractivity contribution in [2.75, 3.05) is 0 Å². The summed E-state index contributed by atoms with van der Waals surface area (Å²) in [6.45, 7) is 2.07. The normalized spacial score (nSPS) is 10.8. The van der Waals surface area contributed by atoms with E-state index >= 15 is 0 Å². The van der Waals surface area contributed by atoms with Gasteiger partial charge in [-0.1, -0.05) is 11.6 Å². The van der Waals surface area contributed by atoms with Gasteiger partial charge in [0.2, 0.25) is 0 Å². The van der Waals surface area contributed by atoms with E-state index in [0.29, 0.717) is 16.5 Å². The summed E-state index contributed by atoms with van der Waals surface area (Å²) in [5.74, 6) is -0.549. The van der Waals surface area contributed by atoms with Crippen molar-refractivity contribution in [3.63, 3.8) is 0 Å². The zero-order valence-corrected chi connectivity index (χ0v) is 12.0. The van der Waals surface area contributed by atoms with E-state index < -0.39 is 5.97 Å². The predicted octanol–water partition coefficient (Wildman–Crippen LogP) is 3.12. The van der Waals surface area contributed by atoms with Crippen LogP contribution in [-0.4, -0.2) is 21.0 Å². The van der Waals surface area contributed by atoms with Gasteiger partial charge in [0.25, 0.3) is 0 Å². The Balaban J connectivity index is 2.20. The molecular weight excluding hydrogens is 292 g/mol. The Morgan fingerprint density at radius 1 is 1.43 bits per heavy atom. The molecule has 0 unspecified atom stereocenters. The standard InChI is InChI=1S/C15H13ClN2O3/c1-10-2-4-14(13(18-10)3-5-15(19)20)21-9-11-6-7-17-8-12(11)16/h2-8H,9H2,1H3,(H,19,20). The highest BCUT2D eigenvalue weighted by atomic mass is 35.5. The number of rotatable bonds is 5. The Kier molecular flexibility index (Phi) is 4.90. The molecule has 0 fully saturated rings. The van der Waals surface area contributed by atoms with Crippen LogP contribution in [0.4, 0.5) is 0 Å². The number of nitrogens with zero attached hydrogens (tertiary/aromatic N) is 2. The number of ether oxygens (including phenoxy) is 1. The zero-order valence-electron chi connectivity index (χ0n) is 11.3. The van der Waals surface area contributed by atoms with E-state index in [2.05, 4.69) is 9.97 Å². The maximum Gasteiger partial charge on any atom is 0.328 e. The van der Waals surface area contributed by atoms with Gasteiger partial charge in [0.05, 0.1) is 5.02 Å². The highest BCUT2D eigenvalue weighted by molar-refractivity contribution is 6.31. The lowest BCUT2D eigenvalue weighted by Gasteiger charge is -2.10. The lowest BCUT2D eigenvalue weighted by molar-refractivity contribution is -0.131. The molecule has 0 saturated heterocycles. The van der Waals surface area contributed by atoms with Gasteiger partial charge in [-0.3, -0.25) is 4.98 Å². The summed E-state index contributed by atoms with van der Waals surface area (Å²) < 4.78 is 5.67. The van der Waals surface area contributed by atoms with Crippen LogP contribution in [0.15, 0.2) is 36.7 Å². The van der Waals surface area contributed by atoms with Crippen molar-refractivity contribution in [2.45, 2.75) is 13.5 Å². The SMILES string of the molecule is Cc1ccc(OCc2ccncc2Cl)c(C=CC(=O)O)n1. The molecule has 2 aromatic rings. The number of hydrogen-bond donors (Lipinski definition) is 1. The smallest absolute Gasteiger partial charge is 0.328 e. The van der Waals surface area contributed by atoms with Crippen molar-refractivity contribution in [2.24, 2.45) is 0 Å². The Labute approximate surface area is 126 Å². The molecule has 0 saturated carbocycles. The second-order valence-corrected chi connectivity index (χ2v) is 4.67. The number of pyridine rings is 2. The van der Waals surface area contributed by atoms with Crippen molar-refractivity contribution < 1.29 is 14.6 Å². The second kappa shape index (κ2) is 6.85. The topological polar surface area (TPSA) is 72.3 Å². The summed E-state index contributed by atoms with van der Waals surface area (Å²) in [5, 5.41) is 9.21. The fourth-order valence-electron chi connectivity index (χ4n) is 1.63. The maximum atomic E-state index is 10.6. The first-order chi connectivity index (χ1) is 10.1. The molecule has 0 amide bonds. The van der Waals surface area contributed by atoms with Crippen molar-refractivity contribution in [1.82, 2.24) is 9.97 Å². The highest BCUT2D eigenvalue weighted by Gasteiger charge is 2.06. The Morgan fingerprint density at radius 3 is 2.95 bits per heavy atom. The average Bonchev–Trinajstić information content (AvgIpc) is 2.45. The molecule has 0 spiro atoms. The molecule has 0 bridgehead atoms. The minimum absolute atomic E-state index is 0.250. The fraction of sp³-hybridized carbons (Fsp3) is 0.133. The average molecular weight is 305 g/mol. The number of aromatic nitrogens is 2. The van der Waals surface area contributed by atoms with E-state index in [-0.39, 0.29) is 6.61 Å². The van der Waals surface area contributed by atoms with Gasteiger partial charge in [-0.15, -0.1) is 0 Å². The van der Waals surface area contributed by atoms with Gasteiger partial charge >= 0.3 is 5.97 Å². The Bertz CT molecular complexity index is 686. The number of carboxylic acids is 1. The lowest BCUT2D eigenvalue weighted by Crippen LogP contribution is -2.00. The number of halogens is 1. The van der Waals surface area contributed by atoms with Crippen LogP contribution in [0, 0.1) is 6.92 Å². The van der Waals surface area contributed by atoms with Crippen molar-refractivity contribution >= 4 is 23.6 Å². The Hall–Kier alpha value is -2.40. The van der Waals surface area contributed by atoms with Crippen LogP contribution in [0.2, 0.25) is 5.02 Å². The van der Waals surface area contributed by atoms with Crippen LogP contribution < -0.4 is 4.74 Å². The predicted molar refractivity (Wildman–Crippen MR) is 79.2 cm³/mol. The second-order valence-electron chi connectivity index (χ2n) is 4.26. The summed E-state index contributed by atoms with van der Waals surface area (Å²) in [6, 6.07) is 5.30. The summed E-state index contributed by atoms with van der Waals surface area (Å²) in [5.41, 5.74) is 2.03. The van der Waals surface area contributed by atoms with Gasteiger partial charge in [-0.25, -0.2) is 9.78 Å². The number of aryl methyl sites for hydroxylation is 1. The van der Waals surface area contributed by atoms with Gasteiger partial charge in [0, 0.05) is 29.7 Å². The summed E-state index contributed by atoms with van der Waals surface area (Å²) in [4.78, 5) is 18.8. The molecule has 0 radical (unpaired) electrons. The van der Waals surface area contributed by atoms with Crippen molar-refractivity contribution in [3.05, 3.63) is 58.6 Å². The third-order valence-corrected chi connectivity index (χ3v) is 2.99. The van der Waals surface area contributed by atoms with Crippen LogP contribution in [0.1, 0.15) is 17.0 Å². The van der Waals surface area contributed by atoms with Crippen LogP contribution in [-0.2, 0) is 11.4 Å². The zero-order chi connectivity index (χ0) is 15.2. The third kappa shape index (κ3) is 4.29. The molecule has 0 aliphatic heterocycles. The first-order valence-corrected chi connectivity index (χ1v) is 6.54. The minimum Gasteiger partial charge on any atom is -0.487 e. The van der Waals surface area contributed by atoms with Gasteiger partial charge in [-0.2, -0.15) is 0 Å². The number of carboxylic acid groups (broad SMARTS) is 1. The maximum absolute atomic E-state index is 10.6. The van der Waals surface area contributed by atoms with E-state index in [4.69, 9.17) is 21.4 Å². The highest BCUT2D eigenvalue weighted by Crippen LogP contribution is 2.21. The molecule has 0 aromatic carbocycles. The number of hydrogen-bond acceptors (Lipinski definition) is 4. The van der Waals surface area contributed by atoms with Crippen molar-refractivity contribution in [1.29, 1.82) is 0 Å². The quantitative estimate of drug-likeness (QED) is 0.859. The van der Waals surface area contributed by atoms with Crippen LogP contribution >= 0.6 is 11.6 Å². The fourth-order valence-corrected chi connectivity index (χ4v) is 1.81. The number of carbonyl (C=O) groups is 1. The molecule has 0 aliphatic carbocycles. The molecule has 21 heavy (non-hydrogen) atoms. The van der Waals surface area contributed by atoms with E-state index in [0.717, 1.165) is 17.3 Å². The number of aliphatic carboxylic acids is 1. The van der Waals surface area contributed by atoms with Gasteiger partial charge < -0.3 is 9.84 Å². The summed E-state index contributed by atoms with van der Waals surface area (Å²) in [6.07, 6.45) is 5.59. The molecule has 108 valence electrons. The van der Waals surface area contributed by atoms with Gasteiger partial charge in [0.15, 0.2) is 0 Å². The largest absolute Gasteiger partial charge is 0.487 e. The molecule has 0 atom stereocenters. The van der Waals surface area contributed by atoms with E-state index in [9.17, 15) is 4.79 Å². The van der Waals surface area contributed by atoms with Crippen LogP contribution in [0.3, 0.4) is 0 Å². The molecular formula is C15H13ClN2O3. The van der Waals surface area contributed by atoms with Crippen molar-refractivity contribution in [3.8, 4) is 5.75 Å². The minimum atomic E-state index is -1.04. The molecule has 2 aromatic heterocycles. The van der Waals surface area contributed by atoms with Crippen LogP contribution in [0.25, 0.3) is 6.08 Å². The van der Waals surface area contributed by atoms with Gasteiger partial charge in [-0.05, 0) is 31.2 Å². The first-order valence-electron chi connectivity index (χ1n) is 6.16. The molecule has 2 rings (SSSR count). The molecule has 1 N–H and O–H groups in total.